The molecule has 0 atom stereocenters. The highest BCUT2D eigenvalue weighted by atomic mass is 35.5. The summed E-state index contributed by atoms with van der Waals surface area (Å²) in [5.41, 5.74) is 3.16. The summed E-state index contributed by atoms with van der Waals surface area (Å²) in [5, 5.41) is 4.16. The zero-order valence-corrected chi connectivity index (χ0v) is 16.9. The van der Waals surface area contributed by atoms with E-state index in [9.17, 15) is 0 Å². The van der Waals surface area contributed by atoms with Crippen LogP contribution < -0.4 is 10.1 Å². The van der Waals surface area contributed by atoms with E-state index in [0.717, 1.165) is 35.7 Å². The zero-order valence-electron chi connectivity index (χ0n) is 15.3. The summed E-state index contributed by atoms with van der Waals surface area (Å²) in [6, 6.07) is 14.3. The second-order valence-corrected chi connectivity index (χ2v) is 6.99. The van der Waals surface area contributed by atoms with E-state index in [2.05, 4.69) is 36.5 Å². The molecule has 26 heavy (non-hydrogen) atoms. The number of methoxy groups -OCH3 is 1. The fourth-order valence-electron chi connectivity index (χ4n) is 3.31. The molecule has 0 saturated heterocycles. The lowest BCUT2D eigenvalue weighted by molar-refractivity contribution is 0.417. The van der Waals surface area contributed by atoms with Crippen molar-refractivity contribution >= 4 is 35.5 Å². The molecule has 2 aromatic rings. The van der Waals surface area contributed by atoms with Crippen molar-refractivity contribution in [1.82, 2.24) is 0 Å². The van der Waals surface area contributed by atoms with Crippen molar-refractivity contribution in [2.24, 2.45) is 4.99 Å². The molecule has 2 aromatic carbocycles. The third kappa shape index (κ3) is 5.15. The Morgan fingerprint density at radius 2 is 1.85 bits per heavy atom. The molecule has 1 aliphatic rings. The first-order valence-corrected chi connectivity index (χ1v) is 9.29. The predicted molar refractivity (Wildman–Crippen MR) is 113 cm³/mol. The van der Waals surface area contributed by atoms with Gasteiger partial charge in [0.2, 0.25) is 0 Å². The summed E-state index contributed by atoms with van der Waals surface area (Å²) >= 11 is 6.19. The molecule has 3 rings (SSSR count). The topological polar surface area (TPSA) is 33.6 Å². The van der Waals surface area contributed by atoms with Gasteiger partial charge in [-0.3, -0.25) is 4.99 Å². The maximum Gasteiger partial charge on any atom is 0.142 e. The second kappa shape index (κ2) is 9.84. The van der Waals surface area contributed by atoms with Crippen LogP contribution in [0.2, 0.25) is 5.02 Å². The molecular weight excluding hydrogens is 367 g/mol. The highest BCUT2D eigenvalue weighted by Gasteiger charge is 2.16. The Kier molecular flexibility index (Phi) is 7.80. The van der Waals surface area contributed by atoms with Gasteiger partial charge in [-0.15, -0.1) is 12.4 Å². The van der Waals surface area contributed by atoms with E-state index < -0.39 is 0 Å². The number of amidine groups is 1. The third-order valence-electron chi connectivity index (χ3n) is 4.70. The maximum atomic E-state index is 6.19. The Morgan fingerprint density at radius 1 is 1.12 bits per heavy atom. The van der Waals surface area contributed by atoms with Gasteiger partial charge in [0.05, 0.1) is 18.8 Å². The number of aliphatic imine (C=N–C) groups is 1. The van der Waals surface area contributed by atoms with Gasteiger partial charge in [0.25, 0.3) is 0 Å². The number of halogens is 2. The van der Waals surface area contributed by atoms with Crippen molar-refractivity contribution in [3.05, 3.63) is 58.6 Å². The molecule has 0 aliphatic heterocycles. The predicted octanol–water partition coefficient (Wildman–Crippen LogP) is 6.27. The smallest absolute Gasteiger partial charge is 0.142 e. The molecule has 140 valence electrons. The van der Waals surface area contributed by atoms with Gasteiger partial charge in [-0.2, -0.15) is 0 Å². The van der Waals surface area contributed by atoms with E-state index in [4.69, 9.17) is 21.3 Å². The van der Waals surface area contributed by atoms with Gasteiger partial charge >= 0.3 is 0 Å². The number of aryl methyl sites for hydroxylation is 1. The molecule has 3 nitrogen and oxygen atoms in total. The molecule has 0 amide bonds. The van der Waals surface area contributed by atoms with Gasteiger partial charge in [0, 0.05) is 10.6 Å². The van der Waals surface area contributed by atoms with Crippen molar-refractivity contribution < 1.29 is 4.74 Å². The lowest BCUT2D eigenvalue weighted by Gasteiger charge is -2.21. The number of hydrogen-bond acceptors (Lipinski definition) is 2. The van der Waals surface area contributed by atoms with Crippen LogP contribution in [0.4, 0.5) is 5.69 Å². The number of hydrogen-bond donors (Lipinski definition) is 1. The standard InChI is InChI=1S/C21H25ClN2O.ClH/c1-15-8-6-7-11-18(15)21(23-17-9-4-3-5-10-17)24-19-14-16(22)12-13-20(19)25-2;/h6-8,11-14,17H,3-5,9-10H2,1-2H3,(H,23,24);1H. The Balaban J connectivity index is 0.00000243. The third-order valence-corrected chi connectivity index (χ3v) is 4.94. The molecular formula is C21H26Cl2N2O. The van der Waals surface area contributed by atoms with Crippen molar-refractivity contribution in [2.45, 2.75) is 45.1 Å². The minimum absolute atomic E-state index is 0. The Hall–Kier alpha value is -1.71. The van der Waals surface area contributed by atoms with E-state index in [1.165, 1.54) is 24.8 Å². The highest BCUT2D eigenvalue weighted by molar-refractivity contribution is 6.31. The number of ether oxygens (including phenoxy) is 1. The molecule has 1 fully saturated rings. The van der Waals surface area contributed by atoms with Crippen molar-refractivity contribution in [3.63, 3.8) is 0 Å². The average molecular weight is 393 g/mol. The normalized spacial score (nSPS) is 15.3. The van der Waals surface area contributed by atoms with Crippen LogP contribution in [0.15, 0.2) is 47.5 Å². The Morgan fingerprint density at radius 3 is 2.54 bits per heavy atom. The van der Waals surface area contributed by atoms with Gasteiger partial charge in [0.15, 0.2) is 0 Å². The van der Waals surface area contributed by atoms with Crippen LogP contribution in [0, 0.1) is 6.92 Å². The summed E-state index contributed by atoms with van der Waals surface area (Å²) in [4.78, 5) is 5.07. The minimum atomic E-state index is 0. The first-order chi connectivity index (χ1) is 12.2. The molecule has 1 aliphatic carbocycles. The van der Waals surface area contributed by atoms with Crippen LogP contribution in [0.1, 0.15) is 43.2 Å². The van der Waals surface area contributed by atoms with Crippen molar-refractivity contribution in [3.8, 4) is 5.75 Å². The monoisotopic (exact) mass is 392 g/mol. The first kappa shape index (κ1) is 20.6. The quantitative estimate of drug-likeness (QED) is 0.491. The molecule has 0 radical (unpaired) electrons. The molecule has 1 saturated carbocycles. The molecule has 0 heterocycles. The van der Waals surface area contributed by atoms with Crippen LogP contribution in [-0.2, 0) is 0 Å². The summed E-state index contributed by atoms with van der Waals surface area (Å²) in [5.74, 6) is 1.65. The first-order valence-electron chi connectivity index (χ1n) is 8.92. The minimum Gasteiger partial charge on any atom is -0.495 e. The van der Waals surface area contributed by atoms with Crippen LogP contribution in [0.25, 0.3) is 0 Å². The van der Waals surface area contributed by atoms with E-state index in [0.29, 0.717) is 11.1 Å². The van der Waals surface area contributed by atoms with Crippen molar-refractivity contribution in [2.75, 3.05) is 12.4 Å². The van der Waals surface area contributed by atoms with Crippen LogP contribution >= 0.6 is 24.0 Å². The fraction of sp³-hybridized carbons (Fsp3) is 0.381. The largest absolute Gasteiger partial charge is 0.495 e. The molecule has 1 N–H and O–H groups in total. The number of benzene rings is 2. The molecule has 5 heteroatoms. The van der Waals surface area contributed by atoms with E-state index in [-0.39, 0.29) is 12.4 Å². The molecule has 0 unspecified atom stereocenters. The Bertz CT molecular complexity index is 755. The molecule has 0 spiro atoms. The van der Waals surface area contributed by atoms with Gasteiger partial charge < -0.3 is 10.1 Å². The summed E-state index contributed by atoms with van der Waals surface area (Å²) in [6.07, 6.45) is 6.15. The molecule has 0 aromatic heterocycles. The van der Waals surface area contributed by atoms with E-state index in [1.54, 1.807) is 7.11 Å². The number of nitrogens with zero attached hydrogens (tertiary/aromatic N) is 1. The fourth-order valence-corrected chi connectivity index (χ4v) is 3.48. The lowest BCUT2D eigenvalue weighted by Crippen LogP contribution is -2.20. The van der Waals surface area contributed by atoms with Gasteiger partial charge in [-0.1, -0.05) is 55.1 Å². The number of anilines is 1. The SMILES string of the molecule is COc1ccc(Cl)cc1NC(=NC1CCCCC1)c1ccccc1C.Cl. The Labute approximate surface area is 167 Å². The maximum absolute atomic E-state index is 6.19. The van der Waals surface area contributed by atoms with Crippen LogP contribution in [0.5, 0.6) is 5.75 Å². The average Bonchev–Trinajstić information content (AvgIpc) is 2.63. The summed E-state index contributed by atoms with van der Waals surface area (Å²) in [6.45, 7) is 2.11. The summed E-state index contributed by atoms with van der Waals surface area (Å²) in [7, 11) is 1.67. The van der Waals surface area contributed by atoms with Gasteiger partial charge in [-0.25, -0.2) is 0 Å². The van der Waals surface area contributed by atoms with Crippen LogP contribution in [-0.4, -0.2) is 19.0 Å². The van der Waals surface area contributed by atoms with Gasteiger partial charge in [0.1, 0.15) is 11.6 Å². The lowest BCUT2D eigenvalue weighted by atomic mass is 9.96. The summed E-state index contributed by atoms with van der Waals surface area (Å²) < 4.78 is 5.48. The molecule has 0 bridgehead atoms. The second-order valence-electron chi connectivity index (χ2n) is 6.55. The number of rotatable bonds is 4. The van der Waals surface area contributed by atoms with Crippen molar-refractivity contribution in [1.29, 1.82) is 0 Å². The highest BCUT2D eigenvalue weighted by Crippen LogP contribution is 2.29. The van der Waals surface area contributed by atoms with Gasteiger partial charge in [-0.05, 0) is 43.5 Å². The van der Waals surface area contributed by atoms with E-state index >= 15 is 0 Å². The zero-order chi connectivity index (χ0) is 17.6. The van der Waals surface area contributed by atoms with E-state index in [1.807, 2.05) is 18.2 Å². The van der Waals surface area contributed by atoms with Crippen LogP contribution in [0.3, 0.4) is 0 Å². The number of nitrogens with one attached hydrogen (secondary N) is 1.